The van der Waals surface area contributed by atoms with E-state index in [4.69, 9.17) is 0 Å². The molecule has 336 valence electrons. The predicted octanol–water partition coefficient (Wildman–Crippen LogP) is 3.16. The van der Waals surface area contributed by atoms with Gasteiger partial charge in [0, 0.05) is 12.2 Å². The number of rotatable bonds is 0. The van der Waals surface area contributed by atoms with Crippen molar-refractivity contribution in [1.29, 1.82) is 0 Å². The Kier molecular flexibility index (Phi) is 13.7. The minimum Gasteiger partial charge on any atom is -0.296 e. The average molecular weight is 866 g/mol. The molecule has 16 atom stereocenters. The number of amides is 10. The van der Waals surface area contributed by atoms with E-state index in [1.54, 1.807) is 0 Å². The Bertz CT molecular complexity index is 1880. The molecule has 5 N–H and O–H groups in total. The van der Waals surface area contributed by atoms with Gasteiger partial charge in [0.05, 0.1) is 47.3 Å². The van der Waals surface area contributed by atoms with Crippen LogP contribution in [0.5, 0.6) is 0 Å². The molecule has 5 aliphatic heterocycles. The van der Waals surface area contributed by atoms with Crippen LogP contribution in [0, 0.1) is 94.7 Å². The van der Waals surface area contributed by atoms with Crippen molar-refractivity contribution in [2.45, 2.75) is 67.2 Å². The second kappa shape index (κ2) is 18.5. The van der Waals surface area contributed by atoms with Crippen molar-refractivity contribution in [2.75, 3.05) is 0 Å². The number of imide groups is 5. The number of hydrogen-bond donors (Lipinski definition) is 5. The molecule has 5 heterocycles. The Morgan fingerprint density at radius 3 is 0.794 bits per heavy atom. The van der Waals surface area contributed by atoms with E-state index in [1.165, 1.54) is 12.2 Å². The normalized spacial score (nSPS) is 40.4. The Morgan fingerprint density at radius 2 is 0.587 bits per heavy atom. The van der Waals surface area contributed by atoms with Crippen LogP contribution in [0.3, 0.4) is 0 Å². The minimum absolute atomic E-state index is 0. The van der Waals surface area contributed by atoms with Gasteiger partial charge in [0.15, 0.2) is 0 Å². The van der Waals surface area contributed by atoms with E-state index in [-0.39, 0.29) is 129 Å². The summed E-state index contributed by atoms with van der Waals surface area (Å²) in [6, 6.07) is 0. The molecule has 63 heavy (non-hydrogen) atoms. The fraction of sp³-hybridized carbons (Fsp3) is 0.542. The average Bonchev–Trinajstić information content (AvgIpc) is 4.06. The second-order valence-corrected chi connectivity index (χ2v) is 18.1. The molecular weight excluding hydrogens is 807 g/mol. The molecule has 4 saturated heterocycles. The molecule has 0 aromatic rings. The van der Waals surface area contributed by atoms with E-state index in [9.17, 15) is 47.9 Å². The van der Waals surface area contributed by atoms with Gasteiger partial charge in [-0.05, 0) is 92.3 Å². The summed E-state index contributed by atoms with van der Waals surface area (Å²) in [7, 11) is 0. The summed E-state index contributed by atoms with van der Waals surface area (Å²) in [6.45, 7) is 0. The standard InChI is InChI=1S/C9H11NO2.3C9H9NO2.C5H6.C4H3NO2.3CH4/c4*11-8-6-4-1-2-5(3-4)7(6)9(12)10-8;1-2-4-5-3-1;6-3-1-2-4(7)5-3;;;/h4-7H,1-3H2,(H,10,11,12);3*1-2,4-7H,3H2,(H,10,11,12);1-4H,5H2;1-2H,(H,5,6,7);3*1H4/t4*4-,5-,6-,7+;;;;;/m0000...../s1. The first-order chi connectivity index (χ1) is 28.9. The zero-order chi connectivity index (χ0) is 42.0. The lowest BCUT2D eigenvalue weighted by Gasteiger charge is -2.19. The van der Waals surface area contributed by atoms with Crippen molar-refractivity contribution in [2.24, 2.45) is 94.7 Å². The summed E-state index contributed by atoms with van der Waals surface area (Å²) >= 11 is 0. The maximum atomic E-state index is 11.3. The number of carbonyl (C=O) groups is 10. The van der Waals surface area contributed by atoms with Gasteiger partial charge in [-0.3, -0.25) is 74.5 Å². The van der Waals surface area contributed by atoms with Crippen LogP contribution in [0.2, 0.25) is 0 Å². The van der Waals surface area contributed by atoms with Gasteiger partial charge in [-0.15, -0.1) is 0 Å². The van der Waals surface area contributed by atoms with Crippen molar-refractivity contribution in [1.82, 2.24) is 26.6 Å². The lowest BCUT2D eigenvalue weighted by Crippen LogP contribution is -2.25. The molecule has 14 aliphatic rings. The summed E-state index contributed by atoms with van der Waals surface area (Å²) < 4.78 is 0. The van der Waals surface area contributed by atoms with Gasteiger partial charge in [-0.2, -0.15) is 0 Å². The van der Waals surface area contributed by atoms with E-state index >= 15 is 0 Å². The first-order valence-electron chi connectivity index (χ1n) is 21.2. The lowest BCUT2D eigenvalue weighted by atomic mass is 9.81. The Morgan fingerprint density at radius 1 is 0.333 bits per heavy atom. The number of fused-ring (bicyclic) bond motifs is 20. The highest BCUT2D eigenvalue weighted by Crippen LogP contribution is 2.55. The summed E-state index contributed by atoms with van der Waals surface area (Å²) in [5.74, 6) is 1.99. The van der Waals surface area contributed by atoms with Crippen LogP contribution >= 0.6 is 0 Å². The van der Waals surface area contributed by atoms with Crippen LogP contribution in [0.15, 0.2) is 72.9 Å². The Hall–Kier alpha value is -5.86. The second-order valence-electron chi connectivity index (χ2n) is 18.1. The van der Waals surface area contributed by atoms with Gasteiger partial charge in [0.2, 0.25) is 47.3 Å². The third kappa shape index (κ3) is 8.38. The lowest BCUT2D eigenvalue weighted by molar-refractivity contribution is -0.128. The Labute approximate surface area is 367 Å². The molecule has 0 aromatic carbocycles. The van der Waals surface area contributed by atoms with Gasteiger partial charge < -0.3 is 0 Å². The predicted molar refractivity (Wildman–Crippen MR) is 229 cm³/mol. The fourth-order valence-corrected chi connectivity index (χ4v) is 12.6. The smallest absolute Gasteiger partial charge is 0.250 e. The van der Waals surface area contributed by atoms with E-state index in [1.807, 2.05) is 5.32 Å². The maximum Gasteiger partial charge on any atom is 0.250 e. The summed E-state index contributed by atoms with van der Waals surface area (Å²) in [5.41, 5.74) is 0. The van der Waals surface area contributed by atoms with E-state index in [0.717, 1.165) is 44.9 Å². The van der Waals surface area contributed by atoms with Crippen molar-refractivity contribution >= 4 is 59.1 Å². The summed E-state index contributed by atoms with van der Waals surface area (Å²) in [6.07, 6.45) is 30.9. The first-order valence-corrected chi connectivity index (χ1v) is 21.2. The number of hydrogen-bond acceptors (Lipinski definition) is 10. The highest BCUT2D eigenvalue weighted by Gasteiger charge is 2.59. The molecule has 8 bridgehead atoms. The number of allylic oxidation sites excluding steroid dienone is 10. The van der Waals surface area contributed by atoms with Gasteiger partial charge >= 0.3 is 0 Å². The largest absolute Gasteiger partial charge is 0.296 e. The maximum absolute atomic E-state index is 11.3. The molecule has 0 radical (unpaired) electrons. The van der Waals surface area contributed by atoms with E-state index in [0.29, 0.717) is 47.3 Å². The molecular formula is C48H59N5O10. The van der Waals surface area contributed by atoms with E-state index in [2.05, 4.69) is 82.0 Å². The van der Waals surface area contributed by atoms with Crippen LogP contribution in [-0.4, -0.2) is 59.1 Å². The molecule has 14 rings (SSSR count). The topological polar surface area (TPSA) is 231 Å². The van der Waals surface area contributed by atoms with E-state index < -0.39 is 0 Å². The Balaban J connectivity index is 0.000000127. The summed E-state index contributed by atoms with van der Waals surface area (Å²) in [5, 5.41) is 11.7. The molecule has 9 aliphatic carbocycles. The monoisotopic (exact) mass is 865 g/mol. The third-order valence-corrected chi connectivity index (χ3v) is 15.0. The van der Waals surface area contributed by atoms with Crippen molar-refractivity contribution in [3.05, 3.63) is 72.9 Å². The molecule has 15 nitrogen and oxygen atoms in total. The van der Waals surface area contributed by atoms with Crippen LogP contribution in [0.4, 0.5) is 0 Å². The number of nitrogens with one attached hydrogen (secondary N) is 5. The van der Waals surface area contributed by atoms with Crippen molar-refractivity contribution < 1.29 is 47.9 Å². The minimum atomic E-state index is -0.329. The van der Waals surface area contributed by atoms with Crippen LogP contribution < -0.4 is 26.6 Å². The number of carbonyl (C=O) groups excluding carboxylic acids is 10. The van der Waals surface area contributed by atoms with Gasteiger partial charge in [-0.25, -0.2) is 0 Å². The van der Waals surface area contributed by atoms with Gasteiger partial charge in [0.25, 0.3) is 11.8 Å². The molecule has 0 spiro atoms. The third-order valence-electron chi connectivity index (χ3n) is 15.0. The summed E-state index contributed by atoms with van der Waals surface area (Å²) in [4.78, 5) is 110. The van der Waals surface area contributed by atoms with Crippen molar-refractivity contribution in [3.63, 3.8) is 0 Å². The molecule has 9 fully saturated rings. The highest BCUT2D eigenvalue weighted by molar-refractivity contribution is 6.13. The zero-order valence-corrected chi connectivity index (χ0v) is 32.7. The van der Waals surface area contributed by atoms with Crippen molar-refractivity contribution in [3.8, 4) is 0 Å². The van der Waals surface area contributed by atoms with Crippen LogP contribution in [0.1, 0.15) is 67.2 Å². The fourth-order valence-electron chi connectivity index (χ4n) is 12.6. The highest BCUT2D eigenvalue weighted by atomic mass is 16.2. The molecule has 0 unspecified atom stereocenters. The quantitative estimate of drug-likeness (QED) is 0.176. The van der Waals surface area contributed by atoms with Gasteiger partial charge in [-0.1, -0.05) is 83.0 Å². The molecule has 0 aromatic heterocycles. The molecule has 5 saturated carbocycles. The molecule has 15 heteroatoms. The molecule has 10 amide bonds. The van der Waals surface area contributed by atoms with Gasteiger partial charge in [0.1, 0.15) is 0 Å². The zero-order valence-electron chi connectivity index (χ0n) is 32.7. The SMILES string of the molecule is C.C.C.C1=CCC=C1.O=C1C=CC(=O)N1.O=C1NC(=O)[C@H]2[C@@H]1[C@H]1C=C[C@H]2C1.O=C1NC(=O)[C@H]2[C@@H]1[C@H]1C=C[C@H]2C1.O=C1NC(=O)[C@H]2[C@@H]1[C@H]1C=C[C@H]2C1.O=C1NC(=O)[C@H]2[C@H]3CC[C@@H](C3)[C@@H]12. The van der Waals surface area contributed by atoms with Crippen LogP contribution in [0.25, 0.3) is 0 Å². The first kappa shape index (κ1) is 46.6. The van der Waals surface area contributed by atoms with Crippen LogP contribution in [-0.2, 0) is 47.9 Å².